The van der Waals surface area contributed by atoms with Gasteiger partial charge in [-0.25, -0.2) is 9.69 Å². The Kier molecular flexibility index (Phi) is 5.13. The summed E-state index contributed by atoms with van der Waals surface area (Å²) in [6.45, 7) is 0. The number of barbiturate groups is 1. The number of halogens is 1. The van der Waals surface area contributed by atoms with Crippen molar-refractivity contribution in [1.29, 1.82) is 0 Å². The van der Waals surface area contributed by atoms with Gasteiger partial charge in [-0.1, -0.05) is 28.1 Å². The second-order valence-electron chi connectivity index (χ2n) is 5.37. The largest absolute Gasteiger partial charge is 0.495 e. The van der Waals surface area contributed by atoms with Crippen molar-refractivity contribution in [2.45, 2.75) is 0 Å². The Bertz CT molecular complexity index is 896. The highest BCUT2D eigenvalue weighted by Crippen LogP contribution is 2.30. The van der Waals surface area contributed by atoms with E-state index < -0.39 is 23.8 Å². The number of nitrogens with zero attached hydrogens (tertiary/aromatic N) is 2. The van der Waals surface area contributed by atoms with Crippen LogP contribution in [0.25, 0.3) is 0 Å². The van der Waals surface area contributed by atoms with Crippen molar-refractivity contribution in [2.75, 3.05) is 12.0 Å². The first-order valence-corrected chi connectivity index (χ1v) is 8.42. The molecule has 0 radical (unpaired) electrons. The molecule has 1 fully saturated rings. The van der Waals surface area contributed by atoms with Gasteiger partial charge in [0.1, 0.15) is 5.75 Å². The third kappa shape index (κ3) is 3.50. The predicted octanol–water partition coefficient (Wildman–Crippen LogP) is 3.06. The second-order valence-corrected chi connectivity index (χ2v) is 6.29. The number of para-hydroxylation sites is 2. The quantitative estimate of drug-likeness (QED) is 0.613. The summed E-state index contributed by atoms with van der Waals surface area (Å²) in [5.74, 6) is -2.29. The molecule has 1 aliphatic heterocycles. The topological polar surface area (TPSA) is 88.1 Å². The van der Waals surface area contributed by atoms with Crippen LogP contribution in [-0.4, -0.2) is 31.2 Å². The minimum atomic E-state index is -1.22. The van der Waals surface area contributed by atoms with Gasteiger partial charge in [0.2, 0.25) is 5.91 Å². The van der Waals surface area contributed by atoms with Crippen LogP contribution in [0.2, 0.25) is 0 Å². The minimum Gasteiger partial charge on any atom is -0.495 e. The number of hydrogen-bond acceptors (Lipinski definition) is 5. The summed E-state index contributed by atoms with van der Waals surface area (Å²) in [5, 5.41) is 2.18. The maximum atomic E-state index is 12.8. The Morgan fingerprint density at radius 3 is 2.50 bits per heavy atom. The lowest BCUT2D eigenvalue weighted by Crippen LogP contribution is -2.58. The molecule has 0 unspecified atom stereocenters. The van der Waals surface area contributed by atoms with Crippen molar-refractivity contribution in [2.24, 2.45) is 10.9 Å². The number of carbonyl (C=O) groups is 3. The van der Waals surface area contributed by atoms with E-state index in [0.29, 0.717) is 11.4 Å². The Balaban J connectivity index is 1.91. The van der Waals surface area contributed by atoms with Crippen LogP contribution in [0.15, 0.2) is 58.0 Å². The SMILES string of the molecule is COc1ccccc1N1C(=O)NC(=O)[C@H](C=Nc2ccc(Br)cc2)C1=O. The first kappa shape index (κ1) is 17.8. The molecule has 26 heavy (non-hydrogen) atoms. The Hall–Kier alpha value is -3.00. The summed E-state index contributed by atoms with van der Waals surface area (Å²) in [6.07, 6.45) is 1.23. The van der Waals surface area contributed by atoms with Gasteiger partial charge in [0.15, 0.2) is 5.92 Å². The molecule has 2 aromatic carbocycles. The van der Waals surface area contributed by atoms with Crippen molar-refractivity contribution in [3.8, 4) is 5.75 Å². The van der Waals surface area contributed by atoms with Crippen LogP contribution in [0.1, 0.15) is 0 Å². The molecule has 1 heterocycles. The second kappa shape index (κ2) is 7.49. The molecular formula is C18H14BrN3O4. The number of ether oxygens (including phenoxy) is 1. The number of anilines is 1. The molecule has 4 amide bonds. The van der Waals surface area contributed by atoms with Gasteiger partial charge in [-0.3, -0.25) is 19.9 Å². The molecule has 1 saturated heterocycles. The van der Waals surface area contributed by atoms with Crippen LogP contribution in [-0.2, 0) is 9.59 Å². The summed E-state index contributed by atoms with van der Waals surface area (Å²) < 4.78 is 6.09. The van der Waals surface area contributed by atoms with Crippen molar-refractivity contribution in [3.05, 3.63) is 53.0 Å². The third-order valence-corrected chi connectivity index (χ3v) is 4.26. The lowest BCUT2D eigenvalue weighted by Gasteiger charge is -2.29. The highest BCUT2D eigenvalue weighted by molar-refractivity contribution is 9.10. The zero-order chi connectivity index (χ0) is 18.7. The predicted molar refractivity (Wildman–Crippen MR) is 99.8 cm³/mol. The zero-order valence-corrected chi connectivity index (χ0v) is 15.3. The van der Waals surface area contributed by atoms with Crippen molar-refractivity contribution in [1.82, 2.24) is 5.32 Å². The van der Waals surface area contributed by atoms with Crippen LogP contribution < -0.4 is 15.0 Å². The smallest absolute Gasteiger partial charge is 0.335 e. The van der Waals surface area contributed by atoms with Gasteiger partial charge in [-0.05, 0) is 36.4 Å². The fourth-order valence-electron chi connectivity index (χ4n) is 2.45. The van der Waals surface area contributed by atoms with E-state index in [2.05, 4.69) is 26.2 Å². The molecule has 0 bridgehead atoms. The third-order valence-electron chi connectivity index (χ3n) is 3.73. The average Bonchev–Trinajstić information content (AvgIpc) is 2.63. The molecular weight excluding hydrogens is 402 g/mol. The molecule has 0 saturated carbocycles. The van der Waals surface area contributed by atoms with Gasteiger partial charge in [-0.2, -0.15) is 0 Å². The number of imide groups is 2. The standard InChI is InChI=1S/C18H14BrN3O4/c1-26-15-5-3-2-4-14(15)22-17(24)13(16(23)21-18(22)25)10-20-12-8-6-11(19)7-9-12/h2-10,13H,1H3,(H,21,23,25)/t13-/m0/s1. The molecule has 1 N–H and O–H groups in total. The van der Waals surface area contributed by atoms with E-state index in [0.717, 1.165) is 9.37 Å². The molecule has 7 nitrogen and oxygen atoms in total. The van der Waals surface area contributed by atoms with E-state index in [1.165, 1.54) is 13.3 Å². The number of hydrogen-bond donors (Lipinski definition) is 1. The summed E-state index contributed by atoms with van der Waals surface area (Å²) in [5.41, 5.74) is 0.835. The number of rotatable bonds is 4. The number of benzene rings is 2. The van der Waals surface area contributed by atoms with Crippen LogP contribution in [0, 0.1) is 5.92 Å². The molecule has 0 aliphatic carbocycles. The Morgan fingerprint density at radius 2 is 1.81 bits per heavy atom. The lowest BCUT2D eigenvalue weighted by atomic mass is 10.1. The van der Waals surface area contributed by atoms with E-state index in [1.54, 1.807) is 48.5 Å². The first-order chi connectivity index (χ1) is 12.5. The molecule has 2 aromatic rings. The number of nitrogens with one attached hydrogen (secondary N) is 1. The van der Waals surface area contributed by atoms with Gasteiger partial charge in [-0.15, -0.1) is 0 Å². The van der Waals surface area contributed by atoms with Gasteiger partial charge in [0.05, 0.1) is 18.5 Å². The molecule has 132 valence electrons. The maximum Gasteiger partial charge on any atom is 0.335 e. The average molecular weight is 416 g/mol. The minimum absolute atomic E-state index is 0.257. The van der Waals surface area contributed by atoms with E-state index in [-0.39, 0.29) is 5.69 Å². The number of urea groups is 1. The fourth-order valence-corrected chi connectivity index (χ4v) is 2.72. The van der Waals surface area contributed by atoms with Gasteiger partial charge in [0.25, 0.3) is 5.91 Å². The van der Waals surface area contributed by atoms with Crippen LogP contribution in [0.5, 0.6) is 5.75 Å². The highest BCUT2D eigenvalue weighted by Gasteiger charge is 2.41. The summed E-state index contributed by atoms with van der Waals surface area (Å²) >= 11 is 3.32. The van der Waals surface area contributed by atoms with Crippen molar-refractivity contribution < 1.29 is 19.1 Å². The number of amides is 4. The molecule has 0 aromatic heterocycles. The monoisotopic (exact) mass is 415 g/mol. The van der Waals surface area contributed by atoms with Crippen LogP contribution >= 0.6 is 15.9 Å². The van der Waals surface area contributed by atoms with Crippen LogP contribution in [0.4, 0.5) is 16.2 Å². The van der Waals surface area contributed by atoms with Crippen LogP contribution in [0.3, 0.4) is 0 Å². The van der Waals surface area contributed by atoms with E-state index in [4.69, 9.17) is 4.74 Å². The van der Waals surface area contributed by atoms with Gasteiger partial charge in [0, 0.05) is 10.7 Å². The van der Waals surface area contributed by atoms with E-state index in [1.807, 2.05) is 0 Å². The molecule has 3 rings (SSSR count). The lowest BCUT2D eigenvalue weighted by molar-refractivity contribution is -0.131. The van der Waals surface area contributed by atoms with Crippen molar-refractivity contribution in [3.63, 3.8) is 0 Å². The Morgan fingerprint density at radius 1 is 1.12 bits per heavy atom. The highest BCUT2D eigenvalue weighted by atomic mass is 79.9. The van der Waals surface area contributed by atoms with Crippen molar-refractivity contribution >= 4 is 51.4 Å². The van der Waals surface area contributed by atoms with E-state index >= 15 is 0 Å². The molecule has 0 spiro atoms. The maximum absolute atomic E-state index is 12.8. The first-order valence-electron chi connectivity index (χ1n) is 7.63. The Labute approximate surface area is 157 Å². The zero-order valence-electron chi connectivity index (χ0n) is 13.7. The summed E-state index contributed by atoms with van der Waals surface area (Å²) in [4.78, 5) is 42.2. The number of methoxy groups -OCH3 is 1. The normalized spacial score (nSPS) is 17.5. The van der Waals surface area contributed by atoms with E-state index in [9.17, 15) is 14.4 Å². The van der Waals surface area contributed by atoms with Gasteiger partial charge >= 0.3 is 6.03 Å². The number of carbonyl (C=O) groups excluding carboxylic acids is 3. The number of aliphatic imine (C=N–C) groups is 1. The summed E-state index contributed by atoms with van der Waals surface area (Å²) in [7, 11) is 1.43. The molecule has 1 aliphatic rings. The fraction of sp³-hybridized carbons (Fsp3) is 0.111. The molecule has 1 atom stereocenters. The van der Waals surface area contributed by atoms with Gasteiger partial charge < -0.3 is 4.74 Å². The molecule has 8 heteroatoms. The summed E-state index contributed by atoms with van der Waals surface area (Å²) in [6, 6.07) is 12.8.